The van der Waals surface area contributed by atoms with Gasteiger partial charge in [0.1, 0.15) is 17.2 Å². The largest absolute Gasteiger partial charge is 0.481 e. The average molecular weight is 862 g/mol. The number of benzene rings is 4. The van der Waals surface area contributed by atoms with E-state index >= 15 is 0 Å². The second-order valence-electron chi connectivity index (χ2n) is 16.9. The van der Waals surface area contributed by atoms with E-state index in [0.29, 0.717) is 22.5 Å². The number of nitrogens with one attached hydrogen (secondary N) is 3. The van der Waals surface area contributed by atoms with Gasteiger partial charge < -0.3 is 36.4 Å². The van der Waals surface area contributed by atoms with Crippen molar-refractivity contribution in [2.45, 2.75) is 97.2 Å². The van der Waals surface area contributed by atoms with E-state index in [0.717, 1.165) is 15.4 Å². The Bertz CT molecular complexity index is 2320. The van der Waals surface area contributed by atoms with Crippen LogP contribution in [0.4, 0.5) is 26.7 Å². The van der Waals surface area contributed by atoms with Crippen molar-refractivity contribution in [3.63, 3.8) is 0 Å². The van der Waals surface area contributed by atoms with Crippen molar-refractivity contribution in [3.8, 4) is 0 Å². The first kappa shape index (κ1) is 47.0. The lowest BCUT2D eigenvalue weighted by molar-refractivity contribution is -0.159. The third-order valence-electron chi connectivity index (χ3n) is 10.4. The molecule has 1 saturated heterocycles. The number of aliphatic carboxylic acids is 1. The van der Waals surface area contributed by atoms with E-state index in [-0.39, 0.29) is 24.6 Å². The molecule has 0 saturated carbocycles. The molecule has 1 aliphatic heterocycles. The van der Waals surface area contributed by atoms with Crippen LogP contribution in [0.3, 0.4) is 0 Å². The third kappa shape index (κ3) is 11.3. The number of aryl methyl sites for hydroxylation is 1. The molecule has 4 aromatic rings. The van der Waals surface area contributed by atoms with Crippen LogP contribution in [0.1, 0.15) is 71.1 Å². The summed E-state index contributed by atoms with van der Waals surface area (Å²) in [6, 6.07) is 26.1. The molecule has 63 heavy (non-hydrogen) atoms. The van der Waals surface area contributed by atoms with Crippen molar-refractivity contribution in [2.75, 3.05) is 15.5 Å². The van der Waals surface area contributed by atoms with E-state index in [1.165, 1.54) is 17.0 Å². The van der Waals surface area contributed by atoms with E-state index in [1.54, 1.807) is 120 Å². The van der Waals surface area contributed by atoms with Crippen LogP contribution in [0.5, 0.6) is 0 Å². The maximum absolute atomic E-state index is 15.0. The molecule has 0 bridgehead atoms. The molecule has 0 spiro atoms. The minimum Gasteiger partial charge on any atom is -0.481 e. The SMILES string of the molecule is Cc1ccccc1NC(=O)Nc1ccc(CN2C(=O)N(C(CC(C)C)C(=O)N[C@@H](C(=O)OC(C)(C)C)N(C(=O)[C@@H](N)CC(=O)O)c3ccccc3)C(=O)C2(C)c2ccccc2)cc1. The number of urea groups is 2. The molecule has 0 aliphatic carbocycles. The Kier molecular flexibility index (Phi) is 14.7. The van der Waals surface area contributed by atoms with Crippen LogP contribution in [-0.2, 0) is 40.8 Å². The molecule has 2 unspecified atom stereocenters. The Hall–Kier alpha value is -7.07. The Labute approximate surface area is 366 Å². The molecule has 16 heteroatoms. The van der Waals surface area contributed by atoms with Crippen LogP contribution in [0.25, 0.3) is 0 Å². The summed E-state index contributed by atoms with van der Waals surface area (Å²) in [4.78, 5) is 100. The lowest BCUT2D eigenvalue weighted by Gasteiger charge is -2.35. The predicted molar refractivity (Wildman–Crippen MR) is 237 cm³/mol. The van der Waals surface area contributed by atoms with Gasteiger partial charge in [-0.2, -0.15) is 0 Å². The summed E-state index contributed by atoms with van der Waals surface area (Å²) >= 11 is 0. The molecule has 332 valence electrons. The van der Waals surface area contributed by atoms with Crippen molar-refractivity contribution in [2.24, 2.45) is 11.7 Å². The molecule has 0 radical (unpaired) electrons. The maximum Gasteiger partial charge on any atom is 0.350 e. The third-order valence-corrected chi connectivity index (χ3v) is 10.4. The van der Waals surface area contributed by atoms with Gasteiger partial charge >= 0.3 is 24.0 Å². The van der Waals surface area contributed by atoms with Crippen molar-refractivity contribution >= 4 is 58.8 Å². The summed E-state index contributed by atoms with van der Waals surface area (Å²) in [6.45, 7) is 11.7. The van der Waals surface area contributed by atoms with E-state index in [4.69, 9.17) is 10.5 Å². The highest BCUT2D eigenvalue weighted by atomic mass is 16.6. The minimum atomic E-state index is -1.92. The van der Waals surface area contributed by atoms with Crippen molar-refractivity contribution in [3.05, 3.63) is 126 Å². The van der Waals surface area contributed by atoms with Gasteiger partial charge in [-0.1, -0.05) is 92.7 Å². The number of imide groups is 1. The Morgan fingerprint density at radius 2 is 1.43 bits per heavy atom. The lowest BCUT2D eigenvalue weighted by atomic mass is 9.89. The zero-order chi connectivity index (χ0) is 46.2. The van der Waals surface area contributed by atoms with Gasteiger partial charge in [0, 0.05) is 23.6 Å². The van der Waals surface area contributed by atoms with E-state index in [2.05, 4.69) is 16.0 Å². The fraction of sp³-hybridized carbons (Fsp3) is 0.340. The summed E-state index contributed by atoms with van der Waals surface area (Å²) in [7, 11) is 0. The Morgan fingerprint density at radius 3 is 2.00 bits per heavy atom. The summed E-state index contributed by atoms with van der Waals surface area (Å²) in [5.41, 5.74) is 6.52. The number of hydrogen-bond donors (Lipinski definition) is 5. The number of ether oxygens (including phenoxy) is 1. The van der Waals surface area contributed by atoms with Crippen LogP contribution >= 0.6 is 0 Å². The standard InChI is InChI=1S/C47H55N7O9/c1-29(2)26-37(40(57)51-39(42(59)63-46(4,5)6)53(34-19-12-9-13-20-34)41(58)35(48)27-38(55)56)54-43(60)47(7,32-17-10-8-11-18-32)52(45(54)62)28-31-22-24-33(25-23-31)49-44(61)50-36-21-15-14-16-30(36)3/h8-25,29,35,37,39H,26-28,48H2,1-7H3,(H,51,57)(H,55,56)(H2,49,50,61)/t35-,37?,39+,47?/m0/s1. The molecule has 5 rings (SSSR count). The molecule has 6 N–H and O–H groups in total. The quantitative estimate of drug-likeness (QED) is 0.0477. The number of anilines is 3. The van der Waals surface area contributed by atoms with Crippen LogP contribution < -0.4 is 26.6 Å². The van der Waals surface area contributed by atoms with Gasteiger partial charge in [-0.05, 0) is 94.0 Å². The molecule has 7 amide bonds. The minimum absolute atomic E-state index is 0.0498. The number of esters is 1. The number of rotatable bonds is 16. The summed E-state index contributed by atoms with van der Waals surface area (Å²) in [5, 5.41) is 17.7. The van der Waals surface area contributed by atoms with Gasteiger partial charge in [0.25, 0.3) is 5.91 Å². The number of carbonyl (C=O) groups is 7. The number of hydrogen-bond acceptors (Lipinski definition) is 9. The Balaban J connectivity index is 1.51. The first-order chi connectivity index (χ1) is 29.7. The second kappa shape index (κ2) is 19.8. The zero-order valence-electron chi connectivity index (χ0n) is 36.5. The molecule has 16 nitrogen and oxygen atoms in total. The van der Waals surface area contributed by atoms with Crippen LogP contribution in [0, 0.1) is 12.8 Å². The molecule has 4 atom stereocenters. The molecule has 1 fully saturated rings. The number of carboxylic acid groups (broad SMARTS) is 1. The Morgan fingerprint density at radius 1 is 0.841 bits per heavy atom. The fourth-order valence-corrected chi connectivity index (χ4v) is 7.21. The van der Waals surface area contributed by atoms with E-state index < -0.39 is 77.5 Å². The highest BCUT2D eigenvalue weighted by Crippen LogP contribution is 2.40. The van der Waals surface area contributed by atoms with Gasteiger partial charge in [-0.25, -0.2) is 19.3 Å². The van der Waals surface area contributed by atoms with Crippen LogP contribution in [0.2, 0.25) is 0 Å². The fourth-order valence-electron chi connectivity index (χ4n) is 7.21. The van der Waals surface area contributed by atoms with Crippen LogP contribution in [0.15, 0.2) is 109 Å². The number of nitrogens with two attached hydrogens (primary N) is 1. The summed E-state index contributed by atoms with van der Waals surface area (Å²) in [5.74, 6) is -5.41. The topological polar surface area (TPSA) is 221 Å². The van der Waals surface area contributed by atoms with Gasteiger partial charge in [0.15, 0.2) is 0 Å². The van der Waals surface area contributed by atoms with E-state index in [1.807, 2.05) is 25.1 Å². The molecular weight excluding hydrogens is 807 g/mol. The summed E-state index contributed by atoms with van der Waals surface area (Å²) < 4.78 is 5.69. The molecule has 1 aliphatic rings. The zero-order valence-corrected chi connectivity index (χ0v) is 36.5. The lowest BCUT2D eigenvalue weighted by Crippen LogP contribution is -2.63. The van der Waals surface area contributed by atoms with Crippen molar-refractivity contribution in [1.82, 2.24) is 15.1 Å². The molecule has 0 aromatic heterocycles. The first-order valence-electron chi connectivity index (χ1n) is 20.5. The second-order valence-corrected chi connectivity index (χ2v) is 16.9. The van der Waals surface area contributed by atoms with Crippen molar-refractivity contribution in [1.29, 1.82) is 0 Å². The molecule has 1 heterocycles. The maximum atomic E-state index is 15.0. The predicted octanol–water partition coefficient (Wildman–Crippen LogP) is 6.35. The number of para-hydroxylation sites is 2. The normalized spacial score (nSPS) is 16.5. The number of carbonyl (C=O) groups excluding carboxylic acids is 6. The molecule has 4 aromatic carbocycles. The number of amides is 7. The van der Waals surface area contributed by atoms with Crippen molar-refractivity contribution < 1.29 is 43.4 Å². The van der Waals surface area contributed by atoms with Gasteiger partial charge in [-0.3, -0.25) is 24.1 Å². The van der Waals surface area contributed by atoms with E-state index in [9.17, 15) is 38.7 Å². The highest BCUT2D eigenvalue weighted by Gasteiger charge is 2.58. The van der Waals surface area contributed by atoms with Gasteiger partial charge in [-0.15, -0.1) is 0 Å². The number of nitrogens with zero attached hydrogens (tertiary/aromatic N) is 3. The monoisotopic (exact) mass is 861 g/mol. The van der Waals surface area contributed by atoms with Crippen LogP contribution in [-0.4, -0.2) is 80.5 Å². The number of carboxylic acids is 1. The smallest absolute Gasteiger partial charge is 0.350 e. The molecular formula is C47H55N7O9. The van der Waals surface area contributed by atoms with Gasteiger partial charge in [0.05, 0.1) is 12.5 Å². The van der Waals surface area contributed by atoms with Gasteiger partial charge in [0.2, 0.25) is 18.0 Å². The summed E-state index contributed by atoms with van der Waals surface area (Å²) in [6.07, 6.45) is -2.76. The highest BCUT2D eigenvalue weighted by molar-refractivity contribution is 6.11. The average Bonchev–Trinajstić information content (AvgIpc) is 3.41. The first-order valence-corrected chi connectivity index (χ1v) is 20.5.